The Kier molecular flexibility index (Phi) is 8.88. The molecule has 1 aromatic carbocycles. The summed E-state index contributed by atoms with van der Waals surface area (Å²) in [4.78, 5) is 23.5. The molecule has 3 aromatic heterocycles. The van der Waals surface area contributed by atoms with E-state index in [0.717, 1.165) is 16.1 Å². The molecule has 0 saturated heterocycles. The molecule has 4 rings (SSSR count). The van der Waals surface area contributed by atoms with Gasteiger partial charge in [0.25, 0.3) is 0 Å². The zero-order valence-corrected chi connectivity index (χ0v) is 20.7. The van der Waals surface area contributed by atoms with Crippen LogP contribution in [0, 0.1) is 0 Å². The third-order valence-electron chi connectivity index (χ3n) is 4.86. The fourth-order valence-corrected chi connectivity index (χ4v) is 5.37. The number of thiazole rings is 1. The summed E-state index contributed by atoms with van der Waals surface area (Å²) in [6.45, 7) is -0.0773. The van der Waals surface area contributed by atoms with Crippen LogP contribution in [0.5, 0.6) is 0 Å². The molecule has 0 aliphatic carbocycles. The summed E-state index contributed by atoms with van der Waals surface area (Å²) in [6.07, 6.45) is 4.54. The summed E-state index contributed by atoms with van der Waals surface area (Å²) in [7, 11) is -3.90. The van der Waals surface area contributed by atoms with Crippen LogP contribution in [0.4, 0.5) is 5.82 Å². The van der Waals surface area contributed by atoms with Gasteiger partial charge < -0.3 is 10.4 Å². The van der Waals surface area contributed by atoms with Crippen molar-refractivity contribution < 1.29 is 18.3 Å². The first-order valence-corrected chi connectivity index (χ1v) is 12.6. The number of carbonyl (C=O) groups is 1. The number of hydrogen-bond donors (Lipinski definition) is 3. The van der Waals surface area contributed by atoms with Gasteiger partial charge in [-0.3, -0.25) is 15.1 Å². The second kappa shape index (κ2) is 11.8. The second-order valence-corrected chi connectivity index (χ2v) is 10.2. The van der Waals surface area contributed by atoms with Crippen molar-refractivity contribution in [1.29, 1.82) is 0 Å². The summed E-state index contributed by atoms with van der Waals surface area (Å²) in [5.41, 5.74) is 2.10. The smallest absolute Gasteiger partial charge is 0.322 e. The molecule has 12 heteroatoms. The van der Waals surface area contributed by atoms with Gasteiger partial charge in [-0.05, 0) is 29.8 Å². The molecule has 0 fully saturated rings. The topological polar surface area (TPSA) is 134 Å². The average molecular weight is 532 g/mol. The van der Waals surface area contributed by atoms with Gasteiger partial charge >= 0.3 is 5.97 Å². The third-order valence-corrected chi connectivity index (χ3v) is 7.61. The monoisotopic (exact) mass is 531 g/mol. The van der Waals surface area contributed by atoms with E-state index in [4.69, 9.17) is 5.11 Å². The lowest BCUT2D eigenvalue weighted by atomic mass is 10.1. The van der Waals surface area contributed by atoms with Crippen LogP contribution >= 0.6 is 23.7 Å². The minimum Gasteiger partial charge on any atom is -0.480 e. The normalized spacial score (nSPS) is 11.9. The van der Waals surface area contributed by atoms with Crippen LogP contribution in [-0.2, 0) is 21.2 Å². The Balaban J connectivity index is 0.00000342. The van der Waals surface area contributed by atoms with E-state index in [2.05, 4.69) is 25.6 Å². The zero-order chi connectivity index (χ0) is 24.0. The maximum absolute atomic E-state index is 13.5. The molecule has 0 amide bonds. The molecule has 0 bridgehead atoms. The van der Waals surface area contributed by atoms with Crippen molar-refractivity contribution in [3.05, 3.63) is 89.8 Å². The summed E-state index contributed by atoms with van der Waals surface area (Å²) in [5, 5.41) is 16.3. The third kappa shape index (κ3) is 6.61. The summed E-state index contributed by atoms with van der Waals surface area (Å²) in [6, 6.07) is 15.5. The van der Waals surface area contributed by atoms with Crippen molar-refractivity contribution in [2.45, 2.75) is 16.8 Å². The van der Waals surface area contributed by atoms with Gasteiger partial charge in [-0.1, -0.05) is 30.3 Å². The van der Waals surface area contributed by atoms with Crippen molar-refractivity contribution in [3.8, 4) is 10.6 Å². The van der Waals surface area contributed by atoms with Gasteiger partial charge in [-0.25, -0.2) is 18.4 Å². The van der Waals surface area contributed by atoms with Crippen LogP contribution in [0.2, 0.25) is 0 Å². The van der Waals surface area contributed by atoms with Crippen molar-refractivity contribution in [1.82, 2.24) is 20.3 Å². The molecule has 4 aromatic rings. The molecule has 182 valence electrons. The van der Waals surface area contributed by atoms with Gasteiger partial charge in [0, 0.05) is 36.1 Å². The Morgan fingerprint density at radius 2 is 1.86 bits per heavy atom. The van der Waals surface area contributed by atoms with E-state index in [-0.39, 0.29) is 41.9 Å². The standard InChI is InChI=1S/C23H21N5O4S2.ClH/c29-21(30)15-26-20-5-1-4-19(28-20)23(34(31,32)18-3-2-10-24-14-18)27-13-16-6-8-17(9-7-16)22-25-11-12-33-22;/h1-12,14,23,27H,13,15H2,(H,26,28)(H,29,30);1H. The lowest BCUT2D eigenvalue weighted by molar-refractivity contribution is -0.134. The quantitative estimate of drug-likeness (QED) is 0.279. The number of pyridine rings is 2. The van der Waals surface area contributed by atoms with Crippen molar-refractivity contribution >= 4 is 45.4 Å². The number of aromatic nitrogens is 3. The van der Waals surface area contributed by atoms with Crippen molar-refractivity contribution in [2.24, 2.45) is 0 Å². The molecule has 9 nitrogen and oxygen atoms in total. The van der Waals surface area contributed by atoms with Crippen LogP contribution in [0.3, 0.4) is 0 Å². The van der Waals surface area contributed by atoms with E-state index in [0.29, 0.717) is 0 Å². The Morgan fingerprint density at radius 3 is 2.51 bits per heavy atom. The van der Waals surface area contributed by atoms with E-state index in [1.165, 1.54) is 18.5 Å². The maximum Gasteiger partial charge on any atom is 0.322 e. The lowest BCUT2D eigenvalue weighted by Crippen LogP contribution is -2.30. The van der Waals surface area contributed by atoms with Crippen LogP contribution in [0.1, 0.15) is 16.6 Å². The Morgan fingerprint density at radius 1 is 1.06 bits per heavy atom. The second-order valence-electron chi connectivity index (χ2n) is 7.22. The molecule has 3 N–H and O–H groups in total. The molecule has 0 spiro atoms. The summed E-state index contributed by atoms with van der Waals surface area (Å²) >= 11 is 1.54. The number of nitrogens with zero attached hydrogens (tertiary/aromatic N) is 3. The maximum atomic E-state index is 13.5. The van der Waals surface area contributed by atoms with Gasteiger partial charge in [-0.15, -0.1) is 23.7 Å². The van der Waals surface area contributed by atoms with Crippen LogP contribution in [-0.4, -0.2) is 41.0 Å². The summed E-state index contributed by atoms with van der Waals surface area (Å²) < 4.78 is 27.0. The largest absolute Gasteiger partial charge is 0.480 e. The minimum absolute atomic E-state index is 0. The Hall–Kier alpha value is -3.38. The molecule has 1 unspecified atom stereocenters. The number of nitrogens with one attached hydrogen (secondary N) is 2. The molecule has 1 atom stereocenters. The first kappa shape index (κ1) is 26.2. The van der Waals surface area contributed by atoms with Crippen LogP contribution in [0.15, 0.2) is 83.5 Å². The predicted molar refractivity (Wildman–Crippen MR) is 136 cm³/mol. The van der Waals surface area contributed by atoms with Crippen LogP contribution in [0.25, 0.3) is 10.6 Å². The van der Waals surface area contributed by atoms with Crippen molar-refractivity contribution in [3.63, 3.8) is 0 Å². The zero-order valence-electron chi connectivity index (χ0n) is 18.2. The fraction of sp³-hybridized carbons (Fsp3) is 0.130. The number of sulfone groups is 1. The fourth-order valence-electron chi connectivity index (χ4n) is 3.23. The first-order valence-electron chi connectivity index (χ1n) is 10.2. The van der Waals surface area contributed by atoms with E-state index < -0.39 is 21.2 Å². The lowest BCUT2D eigenvalue weighted by Gasteiger charge is -2.20. The van der Waals surface area contributed by atoms with Gasteiger partial charge in [0.1, 0.15) is 17.4 Å². The number of hydrogen-bond acceptors (Lipinski definition) is 9. The highest BCUT2D eigenvalue weighted by atomic mass is 35.5. The molecule has 0 radical (unpaired) electrons. The Bertz CT molecular complexity index is 1350. The number of anilines is 1. The summed E-state index contributed by atoms with van der Waals surface area (Å²) in [5.74, 6) is -0.785. The molecular formula is C23H22ClN5O4S2. The average Bonchev–Trinajstić information content (AvgIpc) is 3.39. The highest BCUT2D eigenvalue weighted by molar-refractivity contribution is 7.91. The highest BCUT2D eigenvalue weighted by Gasteiger charge is 2.30. The van der Waals surface area contributed by atoms with Gasteiger partial charge in [0.05, 0.1) is 10.6 Å². The number of benzene rings is 1. The van der Waals surface area contributed by atoms with Crippen LogP contribution < -0.4 is 10.6 Å². The number of aliphatic carboxylic acids is 1. The molecule has 35 heavy (non-hydrogen) atoms. The molecule has 0 aliphatic rings. The highest BCUT2D eigenvalue weighted by Crippen LogP contribution is 2.27. The number of carboxylic acid groups (broad SMARTS) is 1. The predicted octanol–water partition coefficient (Wildman–Crippen LogP) is 3.78. The van der Waals surface area contributed by atoms with E-state index in [1.54, 1.807) is 41.8 Å². The van der Waals surface area contributed by atoms with Gasteiger partial charge in [-0.2, -0.15) is 0 Å². The first-order chi connectivity index (χ1) is 16.4. The van der Waals surface area contributed by atoms with Gasteiger partial charge in [0.15, 0.2) is 5.37 Å². The minimum atomic E-state index is -3.90. The Labute approximate surface area is 212 Å². The SMILES string of the molecule is Cl.O=C(O)CNc1cccc(C(NCc2ccc(-c3nccs3)cc2)S(=O)(=O)c2cccnc2)n1. The molecular weight excluding hydrogens is 510 g/mol. The van der Waals surface area contributed by atoms with E-state index >= 15 is 0 Å². The van der Waals surface area contributed by atoms with Crippen molar-refractivity contribution in [2.75, 3.05) is 11.9 Å². The number of carboxylic acids is 1. The van der Waals surface area contributed by atoms with E-state index in [9.17, 15) is 13.2 Å². The number of halogens is 1. The molecule has 3 heterocycles. The van der Waals surface area contributed by atoms with E-state index in [1.807, 2.05) is 29.6 Å². The molecule has 0 aliphatic heterocycles. The number of rotatable bonds is 10. The molecule has 0 saturated carbocycles. The van der Waals surface area contributed by atoms with Gasteiger partial charge in [0.2, 0.25) is 9.84 Å².